The Hall–Kier alpha value is -1.31. The Morgan fingerprint density at radius 1 is 0.824 bits per heavy atom. The summed E-state index contributed by atoms with van der Waals surface area (Å²) in [4.78, 5) is 0. The maximum Gasteiger partial charge on any atom is 0.103 e. The lowest BCUT2D eigenvalue weighted by atomic mass is 10.0. The van der Waals surface area contributed by atoms with E-state index in [4.69, 9.17) is 16.3 Å². The van der Waals surface area contributed by atoms with E-state index in [2.05, 4.69) is 0 Å². The lowest BCUT2D eigenvalue weighted by molar-refractivity contribution is 0.0992. The number of alkyl halides is 1. The molecule has 0 saturated carbocycles. The molecule has 2 aromatic carbocycles. The van der Waals surface area contributed by atoms with E-state index in [0.29, 0.717) is 0 Å². The van der Waals surface area contributed by atoms with E-state index in [1.54, 1.807) is 7.11 Å². The van der Waals surface area contributed by atoms with Crippen LogP contribution in [0.3, 0.4) is 0 Å². The van der Waals surface area contributed by atoms with Gasteiger partial charge in [0, 0.05) is 7.11 Å². The molecule has 0 aliphatic rings. The minimum absolute atomic E-state index is 0.125. The summed E-state index contributed by atoms with van der Waals surface area (Å²) < 4.78 is 5.52. The zero-order chi connectivity index (χ0) is 12.1. The Morgan fingerprint density at radius 2 is 1.29 bits per heavy atom. The summed E-state index contributed by atoms with van der Waals surface area (Å²) >= 11 is 6.48. The monoisotopic (exact) mass is 246 g/mol. The summed E-state index contributed by atoms with van der Waals surface area (Å²) in [7, 11) is 1.69. The molecule has 0 N–H and O–H groups in total. The largest absolute Gasteiger partial charge is 0.375 e. The van der Waals surface area contributed by atoms with Gasteiger partial charge in [-0.05, 0) is 11.1 Å². The molecule has 2 aromatic rings. The molecular weight excluding hydrogens is 232 g/mol. The van der Waals surface area contributed by atoms with Crippen molar-refractivity contribution >= 4 is 11.6 Å². The van der Waals surface area contributed by atoms with Crippen molar-refractivity contribution in [3.8, 4) is 0 Å². The quantitative estimate of drug-likeness (QED) is 0.729. The minimum atomic E-state index is -0.177. The van der Waals surface area contributed by atoms with E-state index in [1.807, 2.05) is 60.7 Å². The van der Waals surface area contributed by atoms with Crippen LogP contribution in [0.1, 0.15) is 22.6 Å². The number of methoxy groups -OCH3 is 1. The maximum absolute atomic E-state index is 6.48. The summed E-state index contributed by atoms with van der Waals surface area (Å²) in [6.07, 6.45) is -0.125. The highest BCUT2D eigenvalue weighted by atomic mass is 35.5. The summed E-state index contributed by atoms with van der Waals surface area (Å²) in [6.45, 7) is 0. The van der Waals surface area contributed by atoms with Gasteiger partial charge >= 0.3 is 0 Å². The third kappa shape index (κ3) is 2.87. The lowest BCUT2D eigenvalue weighted by Gasteiger charge is -2.21. The van der Waals surface area contributed by atoms with Crippen LogP contribution >= 0.6 is 11.6 Å². The molecule has 88 valence electrons. The van der Waals surface area contributed by atoms with Crippen molar-refractivity contribution in [3.05, 3.63) is 71.8 Å². The van der Waals surface area contributed by atoms with Crippen LogP contribution in [0.25, 0.3) is 0 Å². The van der Waals surface area contributed by atoms with Gasteiger partial charge in [-0.3, -0.25) is 0 Å². The topological polar surface area (TPSA) is 9.23 Å². The van der Waals surface area contributed by atoms with Gasteiger partial charge in [0.1, 0.15) is 6.10 Å². The van der Waals surface area contributed by atoms with E-state index in [-0.39, 0.29) is 11.5 Å². The van der Waals surface area contributed by atoms with Crippen molar-refractivity contribution in [2.75, 3.05) is 7.11 Å². The van der Waals surface area contributed by atoms with Crippen LogP contribution in [0, 0.1) is 0 Å². The van der Waals surface area contributed by atoms with Crippen molar-refractivity contribution in [3.63, 3.8) is 0 Å². The molecule has 2 atom stereocenters. The van der Waals surface area contributed by atoms with Crippen molar-refractivity contribution in [1.82, 2.24) is 0 Å². The molecule has 0 aliphatic carbocycles. The molecule has 2 rings (SSSR count). The zero-order valence-electron chi connectivity index (χ0n) is 9.71. The molecule has 0 amide bonds. The standard InChI is InChI=1S/C15H15ClO/c1-17-15(13-10-6-3-7-11-13)14(16)12-8-4-2-5-9-12/h2-11,14-15H,1H3. The predicted molar refractivity (Wildman–Crippen MR) is 71.2 cm³/mol. The van der Waals surface area contributed by atoms with Gasteiger partial charge < -0.3 is 4.74 Å². The number of benzene rings is 2. The third-order valence-corrected chi connectivity index (χ3v) is 3.25. The smallest absolute Gasteiger partial charge is 0.103 e. The molecule has 0 heterocycles. The Labute approximate surface area is 107 Å². The highest BCUT2D eigenvalue weighted by Gasteiger charge is 2.21. The summed E-state index contributed by atoms with van der Waals surface area (Å²) in [5.41, 5.74) is 2.17. The first-order chi connectivity index (χ1) is 8.33. The molecule has 17 heavy (non-hydrogen) atoms. The van der Waals surface area contributed by atoms with Crippen LogP contribution in [0.15, 0.2) is 60.7 Å². The van der Waals surface area contributed by atoms with Gasteiger partial charge in [0.05, 0.1) is 5.38 Å². The Balaban J connectivity index is 2.25. The predicted octanol–water partition coefficient (Wildman–Crippen LogP) is 4.35. The first-order valence-corrected chi connectivity index (χ1v) is 6.03. The Kier molecular flexibility index (Phi) is 4.18. The highest BCUT2D eigenvalue weighted by molar-refractivity contribution is 6.21. The number of halogens is 1. The molecule has 2 heteroatoms. The Bertz CT molecular complexity index is 441. The number of ether oxygens (including phenoxy) is 1. The van der Waals surface area contributed by atoms with Gasteiger partial charge in [-0.2, -0.15) is 0 Å². The lowest BCUT2D eigenvalue weighted by Crippen LogP contribution is -2.08. The van der Waals surface area contributed by atoms with Crippen LogP contribution in [-0.2, 0) is 4.74 Å². The molecule has 0 aliphatic heterocycles. The second kappa shape index (κ2) is 5.85. The summed E-state index contributed by atoms with van der Waals surface area (Å²) in [5.74, 6) is 0. The molecule has 0 spiro atoms. The van der Waals surface area contributed by atoms with Gasteiger partial charge in [0.2, 0.25) is 0 Å². The van der Waals surface area contributed by atoms with Gasteiger partial charge in [-0.25, -0.2) is 0 Å². The molecule has 0 bridgehead atoms. The fourth-order valence-corrected chi connectivity index (χ4v) is 2.27. The SMILES string of the molecule is COC(c1ccccc1)C(Cl)c1ccccc1. The summed E-state index contributed by atoms with van der Waals surface area (Å²) in [5, 5.41) is -0.177. The van der Waals surface area contributed by atoms with Crippen LogP contribution in [0.5, 0.6) is 0 Å². The fraction of sp³-hybridized carbons (Fsp3) is 0.200. The third-order valence-electron chi connectivity index (χ3n) is 2.77. The van der Waals surface area contributed by atoms with Crippen LogP contribution < -0.4 is 0 Å². The van der Waals surface area contributed by atoms with Crippen molar-refractivity contribution in [2.24, 2.45) is 0 Å². The van der Waals surface area contributed by atoms with Gasteiger partial charge in [-0.1, -0.05) is 60.7 Å². The molecule has 0 saturated heterocycles. The van der Waals surface area contributed by atoms with Gasteiger partial charge in [-0.15, -0.1) is 11.6 Å². The molecule has 0 radical (unpaired) electrons. The second-order valence-electron chi connectivity index (χ2n) is 3.88. The zero-order valence-corrected chi connectivity index (χ0v) is 10.5. The fourth-order valence-electron chi connectivity index (χ4n) is 1.88. The average Bonchev–Trinajstić information content (AvgIpc) is 2.42. The van der Waals surface area contributed by atoms with E-state index in [9.17, 15) is 0 Å². The average molecular weight is 247 g/mol. The molecular formula is C15H15ClO. The molecule has 0 fully saturated rings. The van der Waals surface area contributed by atoms with Gasteiger partial charge in [0.25, 0.3) is 0 Å². The van der Waals surface area contributed by atoms with Crippen LogP contribution in [0.2, 0.25) is 0 Å². The van der Waals surface area contributed by atoms with E-state index in [1.165, 1.54) is 0 Å². The highest BCUT2D eigenvalue weighted by Crippen LogP contribution is 2.36. The molecule has 1 nitrogen and oxygen atoms in total. The van der Waals surface area contributed by atoms with Crippen LogP contribution in [0.4, 0.5) is 0 Å². The van der Waals surface area contributed by atoms with E-state index < -0.39 is 0 Å². The second-order valence-corrected chi connectivity index (χ2v) is 4.35. The van der Waals surface area contributed by atoms with Crippen molar-refractivity contribution < 1.29 is 4.74 Å². The van der Waals surface area contributed by atoms with Crippen molar-refractivity contribution in [1.29, 1.82) is 0 Å². The first-order valence-electron chi connectivity index (χ1n) is 5.59. The van der Waals surface area contributed by atoms with E-state index >= 15 is 0 Å². The molecule has 0 aromatic heterocycles. The van der Waals surface area contributed by atoms with Gasteiger partial charge in [0.15, 0.2) is 0 Å². The number of hydrogen-bond donors (Lipinski definition) is 0. The maximum atomic E-state index is 6.48. The van der Waals surface area contributed by atoms with Crippen LogP contribution in [-0.4, -0.2) is 7.11 Å². The first kappa shape index (κ1) is 12.2. The van der Waals surface area contributed by atoms with Crippen molar-refractivity contribution in [2.45, 2.75) is 11.5 Å². The number of hydrogen-bond acceptors (Lipinski definition) is 1. The van der Waals surface area contributed by atoms with E-state index in [0.717, 1.165) is 11.1 Å². The number of rotatable bonds is 4. The summed E-state index contributed by atoms with van der Waals surface area (Å²) in [6, 6.07) is 20.1. The minimum Gasteiger partial charge on any atom is -0.375 e. The normalized spacial score (nSPS) is 14.2. The Morgan fingerprint density at radius 3 is 1.76 bits per heavy atom. The molecule has 2 unspecified atom stereocenters.